The van der Waals surface area contributed by atoms with Crippen LogP contribution in [0.2, 0.25) is 0 Å². The molecule has 0 aromatic carbocycles. The summed E-state index contributed by atoms with van der Waals surface area (Å²) in [6.07, 6.45) is 4.05. The first kappa shape index (κ1) is 9.47. The molecule has 1 unspecified atom stereocenters. The molecule has 13 heavy (non-hydrogen) atoms. The van der Waals surface area contributed by atoms with E-state index in [9.17, 15) is 0 Å². The molecule has 0 bridgehead atoms. The fourth-order valence-electron chi connectivity index (χ4n) is 2.47. The van der Waals surface area contributed by atoms with Crippen molar-refractivity contribution in [2.45, 2.75) is 39.2 Å². The number of ether oxygens (including phenoxy) is 1. The van der Waals surface area contributed by atoms with Crippen LogP contribution in [-0.4, -0.2) is 25.8 Å². The van der Waals surface area contributed by atoms with E-state index in [1.807, 2.05) is 0 Å². The van der Waals surface area contributed by atoms with E-state index in [0.717, 1.165) is 25.2 Å². The average molecular weight is 183 g/mol. The summed E-state index contributed by atoms with van der Waals surface area (Å²) in [5.74, 6) is 0.767. The van der Waals surface area contributed by atoms with Gasteiger partial charge in [-0.1, -0.05) is 13.8 Å². The zero-order chi connectivity index (χ0) is 9.31. The summed E-state index contributed by atoms with van der Waals surface area (Å²) in [7, 11) is 0. The Morgan fingerprint density at radius 1 is 1.46 bits per heavy atom. The predicted octanol–water partition coefficient (Wildman–Crippen LogP) is 1.80. The molecule has 0 aromatic rings. The molecule has 1 N–H and O–H groups in total. The van der Waals surface area contributed by atoms with Crippen molar-refractivity contribution in [3.8, 4) is 0 Å². The maximum absolute atomic E-state index is 5.38. The molecule has 2 rings (SSSR count). The highest BCUT2D eigenvalue weighted by molar-refractivity contribution is 4.93. The molecular formula is C11H21NO. The SMILES string of the molecule is CC(C)C1(CC2CCCN2)COC1. The van der Waals surface area contributed by atoms with E-state index in [-0.39, 0.29) is 0 Å². The van der Waals surface area contributed by atoms with Crippen LogP contribution in [0.3, 0.4) is 0 Å². The van der Waals surface area contributed by atoms with Crippen LogP contribution in [0.25, 0.3) is 0 Å². The van der Waals surface area contributed by atoms with Crippen LogP contribution in [-0.2, 0) is 4.74 Å². The van der Waals surface area contributed by atoms with E-state index < -0.39 is 0 Å². The second kappa shape index (κ2) is 3.58. The van der Waals surface area contributed by atoms with E-state index in [1.165, 1.54) is 25.8 Å². The Labute approximate surface area is 81.0 Å². The van der Waals surface area contributed by atoms with Crippen LogP contribution in [0.1, 0.15) is 33.1 Å². The van der Waals surface area contributed by atoms with Crippen molar-refractivity contribution in [2.75, 3.05) is 19.8 Å². The molecule has 2 heteroatoms. The van der Waals surface area contributed by atoms with Gasteiger partial charge in [-0.15, -0.1) is 0 Å². The largest absolute Gasteiger partial charge is 0.380 e. The minimum Gasteiger partial charge on any atom is -0.380 e. The second-order valence-corrected chi connectivity index (χ2v) is 5.01. The van der Waals surface area contributed by atoms with E-state index in [1.54, 1.807) is 0 Å². The van der Waals surface area contributed by atoms with Crippen LogP contribution in [0.4, 0.5) is 0 Å². The first-order chi connectivity index (χ1) is 6.23. The third-order valence-corrected chi connectivity index (χ3v) is 3.82. The Hall–Kier alpha value is -0.0800. The van der Waals surface area contributed by atoms with E-state index >= 15 is 0 Å². The Kier molecular flexibility index (Phi) is 2.61. The fraction of sp³-hybridized carbons (Fsp3) is 1.00. The number of nitrogens with one attached hydrogen (secondary N) is 1. The second-order valence-electron chi connectivity index (χ2n) is 5.01. The van der Waals surface area contributed by atoms with Gasteiger partial charge < -0.3 is 10.1 Å². The summed E-state index contributed by atoms with van der Waals surface area (Å²) in [5, 5.41) is 3.58. The molecule has 2 aliphatic rings. The van der Waals surface area contributed by atoms with Gasteiger partial charge >= 0.3 is 0 Å². The third-order valence-electron chi connectivity index (χ3n) is 3.82. The summed E-state index contributed by atoms with van der Waals surface area (Å²) >= 11 is 0. The molecule has 0 saturated carbocycles. The molecule has 76 valence electrons. The first-order valence-corrected chi connectivity index (χ1v) is 5.54. The van der Waals surface area contributed by atoms with Gasteiger partial charge in [-0.25, -0.2) is 0 Å². The standard InChI is InChI=1S/C11H21NO/c1-9(2)11(7-13-8-11)6-10-4-3-5-12-10/h9-10,12H,3-8H2,1-2H3. The van der Waals surface area contributed by atoms with E-state index in [0.29, 0.717) is 5.41 Å². The highest BCUT2D eigenvalue weighted by Gasteiger charge is 2.43. The van der Waals surface area contributed by atoms with E-state index in [4.69, 9.17) is 4.74 Å². The monoisotopic (exact) mass is 183 g/mol. The van der Waals surface area contributed by atoms with Crippen molar-refractivity contribution in [3.05, 3.63) is 0 Å². The lowest BCUT2D eigenvalue weighted by Crippen LogP contribution is -2.49. The summed E-state index contributed by atoms with van der Waals surface area (Å²) in [6.45, 7) is 7.86. The van der Waals surface area contributed by atoms with Crippen LogP contribution in [0.15, 0.2) is 0 Å². The summed E-state index contributed by atoms with van der Waals surface area (Å²) < 4.78 is 5.38. The zero-order valence-electron chi connectivity index (χ0n) is 8.81. The van der Waals surface area contributed by atoms with Gasteiger partial charge in [0.1, 0.15) is 0 Å². The topological polar surface area (TPSA) is 21.3 Å². The van der Waals surface area contributed by atoms with Gasteiger partial charge in [-0.3, -0.25) is 0 Å². The lowest BCUT2D eigenvalue weighted by molar-refractivity contribution is -0.146. The summed E-state index contributed by atoms with van der Waals surface area (Å²) in [6, 6.07) is 0.770. The zero-order valence-corrected chi connectivity index (χ0v) is 8.81. The Balaban J connectivity index is 1.89. The van der Waals surface area contributed by atoms with Gasteiger partial charge in [0, 0.05) is 11.5 Å². The molecule has 2 nitrogen and oxygen atoms in total. The molecule has 1 atom stereocenters. The molecule has 0 amide bonds. The number of hydrogen-bond acceptors (Lipinski definition) is 2. The van der Waals surface area contributed by atoms with Crippen LogP contribution >= 0.6 is 0 Å². The molecule has 0 spiro atoms. The predicted molar refractivity (Wildman–Crippen MR) is 53.7 cm³/mol. The first-order valence-electron chi connectivity index (χ1n) is 5.54. The van der Waals surface area contributed by atoms with Gasteiger partial charge in [0.25, 0.3) is 0 Å². The quantitative estimate of drug-likeness (QED) is 0.720. The smallest absolute Gasteiger partial charge is 0.0547 e. The van der Waals surface area contributed by atoms with E-state index in [2.05, 4.69) is 19.2 Å². The maximum Gasteiger partial charge on any atom is 0.0547 e. The molecule has 0 aromatic heterocycles. The maximum atomic E-state index is 5.38. The van der Waals surface area contributed by atoms with Crippen molar-refractivity contribution in [3.63, 3.8) is 0 Å². The third kappa shape index (κ3) is 1.75. The van der Waals surface area contributed by atoms with Gasteiger partial charge in [0.05, 0.1) is 13.2 Å². The van der Waals surface area contributed by atoms with Crippen molar-refractivity contribution >= 4 is 0 Å². The summed E-state index contributed by atoms with van der Waals surface area (Å²) in [4.78, 5) is 0. The Morgan fingerprint density at radius 3 is 2.62 bits per heavy atom. The molecule has 0 radical (unpaired) electrons. The molecule has 0 aliphatic carbocycles. The molecule has 2 fully saturated rings. The highest BCUT2D eigenvalue weighted by Crippen LogP contribution is 2.41. The molecule has 2 saturated heterocycles. The highest BCUT2D eigenvalue weighted by atomic mass is 16.5. The van der Waals surface area contributed by atoms with Crippen molar-refractivity contribution in [1.29, 1.82) is 0 Å². The van der Waals surface area contributed by atoms with Crippen LogP contribution in [0.5, 0.6) is 0 Å². The van der Waals surface area contributed by atoms with Crippen LogP contribution < -0.4 is 5.32 Å². The molecule has 2 aliphatic heterocycles. The Bertz CT molecular complexity index is 169. The minimum atomic E-state index is 0.502. The lowest BCUT2D eigenvalue weighted by atomic mass is 9.71. The minimum absolute atomic E-state index is 0.502. The molecule has 2 heterocycles. The van der Waals surface area contributed by atoms with Gasteiger partial charge in [0.15, 0.2) is 0 Å². The van der Waals surface area contributed by atoms with Gasteiger partial charge in [-0.05, 0) is 31.7 Å². The van der Waals surface area contributed by atoms with Crippen molar-refractivity contribution in [2.24, 2.45) is 11.3 Å². The Morgan fingerprint density at radius 2 is 2.23 bits per heavy atom. The normalized spacial score (nSPS) is 32.1. The fourth-order valence-corrected chi connectivity index (χ4v) is 2.47. The van der Waals surface area contributed by atoms with Crippen LogP contribution in [0, 0.1) is 11.3 Å². The molecular weight excluding hydrogens is 162 g/mol. The number of hydrogen-bond donors (Lipinski definition) is 1. The van der Waals surface area contributed by atoms with Gasteiger partial charge in [-0.2, -0.15) is 0 Å². The lowest BCUT2D eigenvalue weighted by Gasteiger charge is -2.46. The summed E-state index contributed by atoms with van der Waals surface area (Å²) in [5.41, 5.74) is 0.502. The van der Waals surface area contributed by atoms with Gasteiger partial charge in [0.2, 0.25) is 0 Å². The van der Waals surface area contributed by atoms with Crippen molar-refractivity contribution in [1.82, 2.24) is 5.32 Å². The average Bonchev–Trinajstić information content (AvgIpc) is 2.47. The van der Waals surface area contributed by atoms with Crippen molar-refractivity contribution < 1.29 is 4.74 Å². The number of rotatable bonds is 3.